The first-order chi connectivity index (χ1) is 12.9. The summed E-state index contributed by atoms with van der Waals surface area (Å²) in [5, 5.41) is 7.27. The molecule has 142 valence electrons. The number of aryl methyl sites for hydroxylation is 1. The highest BCUT2D eigenvalue weighted by molar-refractivity contribution is 5.84. The van der Waals surface area contributed by atoms with Crippen molar-refractivity contribution in [1.82, 2.24) is 29.6 Å². The van der Waals surface area contributed by atoms with Gasteiger partial charge in [0.15, 0.2) is 0 Å². The summed E-state index contributed by atoms with van der Waals surface area (Å²) in [7, 11) is 1.92. The van der Waals surface area contributed by atoms with E-state index >= 15 is 0 Å². The third-order valence-electron chi connectivity index (χ3n) is 5.06. The van der Waals surface area contributed by atoms with E-state index in [4.69, 9.17) is 9.72 Å². The minimum Gasteiger partial charge on any atom is -0.473 e. The molecule has 0 saturated carbocycles. The SMILES string of the molecule is CC(C)n1cc(-c2cc3ncn(C)c3c(O[C@H](C)[C@H]3CNC(=O)C3)n2)cn1. The third-order valence-corrected chi connectivity index (χ3v) is 5.06. The predicted molar refractivity (Wildman–Crippen MR) is 101 cm³/mol. The summed E-state index contributed by atoms with van der Waals surface area (Å²) in [6, 6.07) is 2.23. The van der Waals surface area contributed by atoms with Crippen molar-refractivity contribution < 1.29 is 9.53 Å². The molecular weight excluding hydrogens is 344 g/mol. The number of pyridine rings is 1. The van der Waals surface area contributed by atoms with Crippen LogP contribution in [0.25, 0.3) is 22.3 Å². The number of carbonyl (C=O) groups is 1. The molecule has 0 spiro atoms. The quantitative estimate of drug-likeness (QED) is 0.747. The van der Waals surface area contributed by atoms with Gasteiger partial charge in [-0.2, -0.15) is 5.10 Å². The van der Waals surface area contributed by atoms with E-state index in [1.54, 1.807) is 6.33 Å². The zero-order valence-corrected chi connectivity index (χ0v) is 16.0. The van der Waals surface area contributed by atoms with Crippen LogP contribution in [0.2, 0.25) is 0 Å². The van der Waals surface area contributed by atoms with Gasteiger partial charge in [0.25, 0.3) is 0 Å². The lowest BCUT2D eigenvalue weighted by atomic mass is 10.0. The number of amides is 1. The number of imidazole rings is 1. The highest BCUT2D eigenvalue weighted by Gasteiger charge is 2.29. The van der Waals surface area contributed by atoms with Crippen molar-refractivity contribution in [3.05, 3.63) is 24.8 Å². The molecule has 1 aliphatic rings. The van der Waals surface area contributed by atoms with Crippen LogP contribution in [0.5, 0.6) is 5.88 Å². The van der Waals surface area contributed by atoms with Crippen LogP contribution in [-0.2, 0) is 11.8 Å². The van der Waals surface area contributed by atoms with Gasteiger partial charge in [0.2, 0.25) is 11.8 Å². The summed E-state index contributed by atoms with van der Waals surface area (Å²) in [6.07, 6.45) is 5.89. The molecule has 1 amide bonds. The summed E-state index contributed by atoms with van der Waals surface area (Å²) in [5.74, 6) is 0.741. The average Bonchev–Trinajstić information content (AvgIpc) is 3.34. The fraction of sp³-hybridized carbons (Fsp3) is 0.474. The molecule has 3 aromatic heterocycles. The molecule has 0 aliphatic carbocycles. The van der Waals surface area contributed by atoms with Crippen molar-refractivity contribution in [2.45, 2.75) is 39.3 Å². The standard InChI is InChI=1S/C19H24N6O2/c1-11(2)25-9-14(8-22-25)15-6-16-18(24(4)10-21-16)19(23-15)27-12(3)13-5-17(26)20-7-13/h6,8-13H,5,7H2,1-4H3,(H,20,26)/t12-,13-/m1/s1. The number of carbonyl (C=O) groups excluding carboxylic acids is 1. The van der Waals surface area contributed by atoms with Crippen LogP contribution in [-0.4, -0.2) is 42.9 Å². The monoisotopic (exact) mass is 368 g/mol. The maximum Gasteiger partial charge on any atom is 0.241 e. The fourth-order valence-corrected chi connectivity index (χ4v) is 3.35. The Morgan fingerprint density at radius 2 is 2.15 bits per heavy atom. The molecule has 1 saturated heterocycles. The second-order valence-electron chi connectivity index (χ2n) is 7.43. The maximum atomic E-state index is 11.5. The van der Waals surface area contributed by atoms with Crippen LogP contribution >= 0.6 is 0 Å². The van der Waals surface area contributed by atoms with E-state index < -0.39 is 0 Å². The largest absolute Gasteiger partial charge is 0.473 e. The van der Waals surface area contributed by atoms with E-state index in [1.165, 1.54) is 0 Å². The van der Waals surface area contributed by atoms with Crippen molar-refractivity contribution >= 4 is 16.9 Å². The number of nitrogens with zero attached hydrogens (tertiary/aromatic N) is 5. The molecule has 3 aromatic rings. The van der Waals surface area contributed by atoms with E-state index in [1.807, 2.05) is 41.7 Å². The topological polar surface area (TPSA) is 86.9 Å². The van der Waals surface area contributed by atoms with Crippen LogP contribution in [0.4, 0.5) is 0 Å². The van der Waals surface area contributed by atoms with Gasteiger partial charge < -0.3 is 14.6 Å². The molecule has 0 bridgehead atoms. The van der Waals surface area contributed by atoms with Crippen molar-refractivity contribution in [3.8, 4) is 17.1 Å². The van der Waals surface area contributed by atoms with Gasteiger partial charge in [0.1, 0.15) is 11.6 Å². The number of nitrogens with one attached hydrogen (secondary N) is 1. The van der Waals surface area contributed by atoms with Crippen LogP contribution in [0, 0.1) is 5.92 Å². The number of aromatic nitrogens is 5. The van der Waals surface area contributed by atoms with E-state index in [9.17, 15) is 4.79 Å². The lowest BCUT2D eigenvalue weighted by molar-refractivity contribution is -0.119. The van der Waals surface area contributed by atoms with Gasteiger partial charge in [-0.1, -0.05) is 0 Å². The second kappa shape index (κ2) is 6.68. The van der Waals surface area contributed by atoms with E-state index in [0.717, 1.165) is 22.3 Å². The van der Waals surface area contributed by atoms with Gasteiger partial charge >= 0.3 is 0 Å². The van der Waals surface area contributed by atoms with Gasteiger partial charge in [0.05, 0.1) is 23.7 Å². The number of hydrogen-bond donors (Lipinski definition) is 1. The summed E-state index contributed by atoms with van der Waals surface area (Å²) in [4.78, 5) is 20.8. The Morgan fingerprint density at radius 1 is 1.33 bits per heavy atom. The van der Waals surface area contributed by atoms with E-state index in [0.29, 0.717) is 18.8 Å². The van der Waals surface area contributed by atoms with Gasteiger partial charge in [0, 0.05) is 43.7 Å². The van der Waals surface area contributed by atoms with E-state index in [2.05, 4.69) is 29.2 Å². The Labute approximate surface area is 157 Å². The highest BCUT2D eigenvalue weighted by Crippen LogP contribution is 2.30. The Hall–Kier alpha value is -2.90. The van der Waals surface area contributed by atoms with Gasteiger partial charge in [-0.05, 0) is 26.8 Å². The smallest absolute Gasteiger partial charge is 0.241 e. The first-order valence-corrected chi connectivity index (χ1v) is 9.22. The molecule has 1 fully saturated rings. The number of hydrogen-bond acceptors (Lipinski definition) is 5. The average molecular weight is 368 g/mol. The number of ether oxygens (including phenoxy) is 1. The number of rotatable bonds is 5. The first-order valence-electron chi connectivity index (χ1n) is 9.22. The first kappa shape index (κ1) is 17.5. The van der Waals surface area contributed by atoms with Gasteiger partial charge in [-0.15, -0.1) is 0 Å². The Kier molecular flexibility index (Phi) is 4.33. The van der Waals surface area contributed by atoms with Crippen LogP contribution in [0.15, 0.2) is 24.8 Å². The molecule has 1 N–H and O–H groups in total. The fourth-order valence-electron chi connectivity index (χ4n) is 3.35. The van der Waals surface area contributed by atoms with Crippen LogP contribution in [0.3, 0.4) is 0 Å². The molecule has 0 radical (unpaired) electrons. The number of fused-ring (bicyclic) bond motifs is 1. The van der Waals surface area contributed by atoms with E-state index in [-0.39, 0.29) is 24.0 Å². The summed E-state index contributed by atoms with van der Waals surface area (Å²) in [5.41, 5.74) is 3.36. The zero-order valence-electron chi connectivity index (χ0n) is 16.0. The zero-order chi connectivity index (χ0) is 19.1. The lowest BCUT2D eigenvalue weighted by Crippen LogP contribution is -2.26. The normalized spacial score (nSPS) is 18.3. The summed E-state index contributed by atoms with van der Waals surface area (Å²) < 4.78 is 10.0. The Balaban J connectivity index is 1.71. The molecule has 0 aromatic carbocycles. The van der Waals surface area contributed by atoms with Crippen LogP contribution in [0.1, 0.15) is 33.2 Å². The maximum absolute atomic E-state index is 11.5. The Bertz CT molecular complexity index is 989. The second-order valence-corrected chi connectivity index (χ2v) is 7.43. The molecular formula is C19H24N6O2. The summed E-state index contributed by atoms with van der Waals surface area (Å²) in [6.45, 7) is 6.78. The molecule has 0 unspecified atom stereocenters. The van der Waals surface area contributed by atoms with Gasteiger partial charge in [-0.3, -0.25) is 9.48 Å². The van der Waals surface area contributed by atoms with Crippen molar-refractivity contribution in [1.29, 1.82) is 0 Å². The van der Waals surface area contributed by atoms with Crippen LogP contribution < -0.4 is 10.1 Å². The van der Waals surface area contributed by atoms with Crippen molar-refractivity contribution in [2.24, 2.45) is 13.0 Å². The molecule has 8 heteroatoms. The molecule has 27 heavy (non-hydrogen) atoms. The molecule has 2 atom stereocenters. The minimum absolute atomic E-state index is 0.0731. The molecule has 8 nitrogen and oxygen atoms in total. The lowest BCUT2D eigenvalue weighted by Gasteiger charge is -2.20. The molecule has 1 aliphatic heterocycles. The molecule has 4 rings (SSSR count). The summed E-state index contributed by atoms with van der Waals surface area (Å²) >= 11 is 0. The minimum atomic E-state index is -0.136. The third kappa shape index (κ3) is 3.27. The highest BCUT2D eigenvalue weighted by atomic mass is 16.5. The van der Waals surface area contributed by atoms with Crippen molar-refractivity contribution in [3.63, 3.8) is 0 Å². The molecule has 4 heterocycles. The Morgan fingerprint density at radius 3 is 2.81 bits per heavy atom. The van der Waals surface area contributed by atoms with Crippen molar-refractivity contribution in [2.75, 3.05) is 6.54 Å². The van der Waals surface area contributed by atoms with Gasteiger partial charge in [-0.25, -0.2) is 9.97 Å². The predicted octanol–water partition coefficient (Wildman–Crippen LogP) is 2.32.